The Morgan fingerprint density at radius 3 is 1.88 bits per heavy atom. The quantitative estimate of drug-likeness (QED) is 0.784. The molecule has 0 saturated heterocycles. The van der Waals surface area contributed by atoms with E-state index >= 15 is 0 Å². The van der Waals surface area contributed by atoms with Crippen LogP contribution in [0.3, 0.4) is 0 Å². The van der Waals surface area contributed by atoms with Crippen molar-refractivity contribution in [3.05, 3.63) is 70.8 Å². The molecule has 126 valence electrons. The van der Waals surface area contributed by atoms with Crippen LogP contribution in [0, 0.1) is 0 Å². The molecule has 0 radical (unpaired) electrons. The molecule has 24 heavy (non-hydrogen) atoms. The van der Waals surface area contributed by atoms with Gasteiger partial charge in [-0.15, -0.1) is 0 Å². The second kappa shape index (κ2) is 8.87. The SMILES string of the molecule is CC(=O)NCCc1ccccc1Cc1ccccc1CCC(=O)O. The summed E-state index contributed by atoms with van der Waals surface area (Å²) < 4.78 is 0. The first kappa shape index (κ1) is 17.7. The molecule has 0 unspecified atom stereocenters. The van der Waals surface area contributed by atoms with Crippen molar-refractivity contribution in [1.29, 1.82) is 0 Å². The lowest BCUT2D eigenvalue weighted by Crippen LogP contribution is -2.22. The Hall–Kier alpha value is -2.62. The molecule has 0 fully saturated rings. The van der Waals surface area contributed by atoms with Crippen LogP contribution >= 0.6 is 0 Å². The highest BCUT2D eigenvalue weighted by molar-refractivity contribution is 5.72. The van der Waals surface area contributed by atoms with Gasteiger partial charge in [-0.25, -0.2) is 0 Å². The number of amides is 1. The third-order valence-electron chi connectivity index (χ3n) is 3.99. The minimum absolute atomic E-state index is 0.0218. The van der Waals surface area contributed by atoms with E-state index in [4.69, 9.17) is 5.11 Å². The summed E-state index contributed by atoms with van der Waals surface area (Å²) in [7, 11) is 0. The van der Waals surface area contributed by atoms with Gasteiger partial charge in [0.15, 0.2) is 0 Å². The number of aliphatic carboxylic acids is 1. The van der Waals surface area contributed by atoms with Crippen molar-refractivity contribution in [2.45, 2.75) is 32.6 Å². The fraction of sp³-hybridized carbons (Fsp3) is 0.300. The Morgan fingerprint density at radius 1 is 0.875 bits per heavy atom. The molecule has 2 aromatic rings. The highest BCUT2D eigenvalue weighted by Gasteiger charge is 2.08. The van der Waals surface area contributed by atoms with Gasteiger partial charge < -0.3 is 10.4 Å². The number of nitrogens with one attached hydrogen (secondary N) is 1. The van der Waals surface area contributed by atoms with E-state index in [0.29, 0.717) is 13.0 Å². The predicted octanol–water partition coefficient (Wildman–Crippen LogP) is 2.97. The summed E-state index contributed by atoms with van der Waals surface area (Å²) in [4.78, 5) is 21.9. The molecule has 0 spiro atoms. The minimum atomic E-state index is -0.777. The number of carbonyl (C=O) groups is 2. The van der Waals surface area contributed by atoms with E-state index in [-0.39, 0.29) is 12.3 Å². The van der Waals surface area contributed by atoms with Gasteiger partial charge in [-0.3, -0.25) is 9.59 Å². The summed E-state index contributed by atoms with van der Waals surface area (Å²) >= 11 is 0. The van der Waals surface area contributed by atoms with Gasteiger partial charge in [-0.1, -0.05) is 48.5 Å². The molecule has 0 aromatic heterocycles. The smallest absolute Gasteiger partial charge is 0.303 e. The lowest BCUT2D eigenvalue weighted by molar-refractivity contribution is -0.137. The molecule has 0 atom stereocenters. The summed E-state index contributed by atoms with van der Waals surface area (Å²) in [5.74, 6) is -0.799. The average molecular weight is 325 g/mol. The summed E-state index contributed by atoms with van der Waals surface area (Å²) in [6, 6.07) is 16.2. The van der Waals surface area contributed by atoms with Gasteiger partial charge in [-0.2, -0.15) is 0 Å². The molecule has 0 saturated carbocycles. The van der Waals surface area contributed by atoms with Crippen molar-refractivity contribution in [1.82, 2.24) is 5.32 Å². The number of aryl methyl sites for hydroxylation is 1. The first-order chi connectivity index (χ1) is 11.6. The molecule has 0 heterocycles. The Balaban J connectivity index is 2.13. The zero-order valence-corrected chi connectivity index (χ0v) is 13.9. The summed E-state index contributed by atoms with van der Waals surface area (Å²) in [6.07, 6.45) is 2.24. The molecule has 4 nitrogen and oxygen atoms in total. The number of hydrogen-bond acceptors (Lipinski definition) is 2. The van der Waals surface area contributed by atoms with E-state index in [0.717, 1.165) is 24.0 Å². The largest absolute Gasteiger partial charge is 0.481 e. The third kappa shape index (κ3) is 5.54. The Labute approximate surface area is 142 Å². The van der Waals surface area contributed by atoms with Crippen LogP contribution < -0.4 is 5.32 Å². The van der Waals surface area contributed by atoms with Crippen LogP contribution in [-0.4, -0.2) is 23.5 Å². The van der Waals surface area contributed by atoms with Crippen molar-refractivity contribution in [2.75, 3.05) is 6.54 Å². The molecule has 4 heteroatoms. The predicted molar refractivity (Wildman–Crippen MR) is 94.0 cm³/mol. The van der Waals surface area contributed by atoms with Gasteiger partial charge in [0.1, 0.15) is 0 Å². The van der Waals surface area contributed by atoms with Crippen LogP contribution in [0.1, 0.15) is 35.6 Å². The maximum atomic E-state index is 11.0. The summed E-state index contributed by atoms with van der Waals surface area (Å²) in [6.45, 7) is 2.14. The van der Waals surface area contributed by atoms with Crippen molar-refractivity contribution in [3.63, 3.8) is 0 Å². The molecule has 0 aliphatic carbocycles. The van der Waals surface area contributed by atoms with Crippen LogP contribution in [0.25, 0.3) is 0 Å². The molecule has 1 amide bonds. The molecular weight excluding hydrogens is 302 g/mol. The first-order valence-electron chi connectivity index (χ1n) is 8.16. The van der Waals surface area contributed by atoms with E-state index in [2.05, 4.69) is 23.5 Å². The van der Waals surface area contributed by atoms with Crippen LogP contribution in [0.4, 0.5) is 0 Å². The maximum absolute atomic E-state index is 11.0. The number of carboxylic acid groups (broad SMARTS) is 1. The van der Waals surface area contributed by atoms with E-state index in [1.54, 1.807) is 0 Å². The Bertz CT molecular complexity index is 710. The van der Waals surface area contributed by atoms with Gasteiger partial charge in [0.05, 0.1) is 0 Å². The zero-order valence-electron chi connectivity index (χ0n) is 13.9. The summed E-state index contributed by atoms with van der Waals surface area (Å²) in [5.41, 5.74) is 4.66. The van der Waals surface area contributed by atoms with Crippen LogP contribution in [0.15, 0.2) is 48.5 Å². The molecule has 0 aliphatic heterocycles. The molecule has 0 bridgehead atoms. The highest BCUT2D eigenvalue weighted by Crippen LogP contribution is 2.19. The maximum Gasteiger partial charge on any atom is 0.303 e. The highest BCUT2D eigenvalue weighted by atomic mass is 16.4. The fourth-order valence-electron chi connectivity index (χ4n) is 2.77. The lowest BCUT2D eigenvalue weighted by atomic mass is 9.93. The first-order valence-corrected chi connectivity index (χ1v) is 8.16. The molecule has 0 aliphatic rings. The van der Waals surface area contributed by atoms with E-state index in [1.165, 1.54) is 18.1 Å². The van der Waals surface area contributed by atoms with Gasteiger partial charge in [-0.05, 0) is 41.5 Å². The van der Waals surface area contributed by atoms with Gasteiger partial charge in [0.25, 0.3) is 0 Å². The van der Waals surface area contributed by atoms with Gasteiger partial charge in [0.2, 0.25) is 5.91 Å². The molecule has 2 N–H and O–H groups in total. The fourth-order valence-corrected chi connectivity index (χ4v) is 2.77. The number of carboxylic acids is 1. The monoisotopic (exact) mass is 325 g/mol. The Kier molecular flexibility index (Phi) is 6.55. The second-order valence-corrected chi connectivity index (χ2v) is 5.84. The van der Waals surface area contributed by atoms with E-state index in [9.17, 15) is 9.59 Å². The average Bonchev–Trinajstić information content (AvgIpc) is 2.55. The lowest BCUT2D eigenvalue weighted by Gasteiger charge is -2.13. The van der Waals surface area contributed by atoms with Crippen LogP contribution in [0.5, 0.6) is 0 Å². The van der Waals surface area contributed by atoms with Gasteiger partial charge in [0, 0.05) is 19.9 Å². The zero-order chi connectivity index (χ0) is 17.4. The molecular formula is C20H23NO3. The number of carbonyl (C=O) groups excluding carboxylic acids is 1. The number of hydrogen-bond donors (Lipinski definition) is 2. The van der Waals surface area contributed by atoms with Crippen LogP contribution in [-0.2, 0) is 28.9 Å². The van der Waals surface area contributed by atoms with Crippen molar-refractivity contribution in [2.24, 2.45) is 0 Å². The Morgan fingerprint density at radius 2 is 1.38 bits per heavy atom. The van der Waals surface area contributed by atoms with Crippen LogP contribution in [0.2, 0.25) is 0 Å². The third-order valence-corrected chi connectivity index (χ3v) is 3.99. The number of benzene rings is 2. The molecule has 2 aromatic carbocycles. The van der Waals surface area contributed by atoms with Gasteiger partial charge >= 0.3 is 5.97 Å². The van der Waals surface area contributed by atoms with Crippen molar-refractivity contribution < 1.29 is 14.7 Å². The second-order valence-electron chi connectivity index (χ2n) is 5.84. The molecule has 2 rings (SSSR count). The summed E-state index contributed by atoms with van der Waals surface area (Å²) in [5, 5.41) is 11.7. The van der Waals surface area contributed by atoms with Crippen molar-refractivity contribution in [3.8, 4) is 0 Å². The topological polar surface area (TPSA) is 66.4 Å². The normalized spacial score (nSPS) is 10.4. The minimum Gasteiger partial charge on any atom is -0.481 e. The number of rotatable bonds is 8. The standard InChI is InChI=1S/C20H23NO3/c1-15(22)21-13-12-17-7-3-5-9-19(17)14-18-8-4-2-6-16(18)10-11-20(23)24/h2-9H,10-14H2,1H3,(H,21,22)(H,23,24). The van der Waals surface area contributed by atoms with Crippen molar-refractivity contribution >= 4 is 11.9 Å². The van der Waals surface area contributed by atoms with E-state index in [1.807, 2.05) is 30.3 Å². The van der Waals surface area contributed by atoms with E-state index < -0.39 is 5.97 Å².